The minimum Gasteiger partial charge on any atom is -0.355 e. The zero-order valence-corrected chi connectivity index (χ0v) is 12.3. The zero-order chi connectivity index (χ0) is 13.7. The number of amides is 1. The monoisotopic (exact) mass is 281 g/mol. The molecule has 2 rings (SSSR count). The minimum absolute atomic E-state index is 0.130. The average Bonchev–Trinajstić information content (AvgIpc) is 2.93. The molecule has 106 valence electrons. The fourth-order valence-electron chi connectivity index (χ4n) is 2.63. The Kier molecular flexibility index (Phi) is 5.34. The fourth-order valence-corrected chi connectivity index (χ4v) is 3.33. The van der Waals surface area contributed by atoms with Crippen molar-refractivity contribution in [3.05, 3.63) is 16.6 Å². The van der Waals surface area contributed by atoms with Crippen LogP contribution < -0.4 is 11.1 Å². The summed E-state index contributed by atoms with van der Waals surface area (Å²) in [5.41, 5.74) is 6.07. The summed E-state index contributed by atoms with van der Waals surface area (Å²) in [4.78, 5) is 16.2. The molecule has 0 aliphatic heterocycles. The lowest BCUT2D eigenvalue weighted by molar-refractivity contribution is -0.122. The van der Waals surface area contributed by atoms with E-state index in [0.717, 1.165) is 17.8 Å². The molecule has 0 saturated heterocycles. The fraction of sp³-hybridized carbons (Fsp3) is 0.714. The quantitative estimate of drug-likeness (QED) is 0.870. The van der Waals surface area contributed by atoms with Gasteiger partial charge in [-0.2, -0.15) is 0 Å². The molecular formula is C14H23N3OS. The number of hydrogen-bond donors (Lipinski definition) is 2. The lowest BCUT2D eigenvalue weighted by Gasteiger charge is -2.28. The largest absolute Gasteiger partial charge is 0.355 e. The lowest BCUT2D eigenvalue weighted by Crippen LogP contribution is -2.37. The van der Waals surface area contributed by atoms with E-state index in [9.17, 15) is 4.79 Å². The van der Waals surface area contributed by atoms with Crippen molar-refractivity contribution in [2.24, 2.45) is 11.7 Å². The van der Waals surface area contributed by atoms with E-state index in [4.69, 9.17) is 5.73 Å². The molecule has 0 spiro atoms. The third-order valence-corrected chi connectivity index (χ3v) is 4.90. The second-order valence-electron chi connectivity index (χ2n) is 5.49. The van der Waals surface area contributed by atoms with E-state index < -0.39 is 0 Å². The van der Waals surface area contributed by atoms with Gasteiger partial charge in [-0.3, -0.25) is 4.79 Å². The van der Waals surface area contributed by atoms with Gasteiger partial charge in [-0.15, -0.1) is 11.3 Å². The maximum Gasteiger partial charge on any atom is 0.220 e. The van der Waals surface area contributed by atoms with Crippen LogP contribution in [0.5, 0.6) is 0 Å². The van der Waals surface area contributed by atoms with Crippen molar-refractivity contribution in [3.8, 4) is 0 Å². The van der Waals surface area contributed by atoms with Crippen molar-refractivity contribution in [1.29, 1.82) is 0 Å². The van der Waals surface area contributed by atoms with E-state index in [2.05, 4.69) is 17.2 Å². The number of rotatable bonds is 5. The van der Waals surface area contributed by atoms with Crippen molar-refractivity contribution in [1.82, 2.24) is 10.3 Å². The van der Waals surface area contributed by atoms with Gasteiger partial charge in [0.2, 0.25) is 5.91 Å². The Morgan fingerprint density at radius 2 is 2.37 bits per heavy atom. The predicted molar refractivity (Wildman–Crippen MR) is 78.1 cm³/mol. The van der Waals surface area contributed by atoms with Crippen LogP contribution in [0.1, 0.15) is 50.0 Å². The van der Waals surface area contributed by atoms with Gasteiger partial charge in [0.15, 0.2) is 0 Å². The van der Waals surface area contributed by atoms with E-state index in [1.54, 1.807) is 17.5 Å². The van der Waals surface area contributed by atoms with E-state index in [1.165, 1.54) is 12.8 Å². The Morgan fingerprint density at radius 3 is 3.05 bits per heavy atom. The number of aromatic nitrogens is 1. The molecule has 1 heterocycles. The lowest BCUT2D eigenvalue weighted by atomic mass is 9.83. The molecule has 1 aromatic rings. The molecule has 5 heteroatoms. The molecule has 19 heavy (non-hydrogen) atoms. The highest BCUT2D eigenvalue weighted by Gasteiger charge is 2.24. The molecule has 1 aromatic heterocycles. The molecule has 0 aromatic carbocycles. The third kappa shape index (κ3) is 4.28. The van der Waals surface area contributed by atoms with Gasteiger partial charge in [-0.05, 0) is 18.8 Å². The second kappa shape index (κ2) is 7.01. The minimum atomic E-state index is 0.130. The molecule has 0 radical (unpaired) electrons. The second-order valence-corrected chi connectivity index (χ2v) is 6.41. The van der Waals surface area contributed by atoms with Gasteiger partial charge in [0.1, 0.15) is 0 Å². The van der Waals surface area contributed by atoms with Crippen molar-refractivity contribution in [2.75, 3.05) is 6.54 Å². The van der Waals surface area contributed by atoms with Crippen LogP contribution >= 0.6 is 11.3 Å². The summed E-state index contributed by atoms with van der Waals surface area (Å²) < 4.78 is 0. The Balaban J connectivity index is 1.72. The zero-order valence-electron chi connectivity index (χ0n) is 11.5. The van der Waals surface area contributed by atoms with Gasteiger partial charge in [0, 0.05) is 36.5 Å². The molecule has 1 fully saturated rings. The first kappa shape index (κ1) is 14.5. The van der Waals surface area contributed by atoms with Crippen LogP contribution in [-0.2, 0) is 4.79 Å². The first-order valence-corrected chi connectivity index (χ1v) is 7.96. The van der Waals surface area contributed by atoms with Crippen molar-refractivity contribution in [2.45, 2.75) is 51.0 Å². The standard InChI is InChI=1S/C14H23N3OS/c1-10(14-16-6-7-19-14)9-17-13(18)8-11-4-2-3-5-12(11)15/h6-7,10-12H,2-5,8-9,15H2,1H3,(H,17,18). The summed E-state index contributed by atoms with van der Waals surface area (Å²) in [7, 11) is 0. The maximum atomic E-state index is 11.9. The molecule has 3 atom stereocenters. The number of carbonyl (C=O) groups is 1. The van der Waals surface area contributed by atoms with Crippen LogP contribution in [0.2, 0.25) is 0 Å². The predicted octanol–water partition coefficient (Wildman–Crippen LogP) is 2.27. The van der Waals surface area contributed by atoms with Crippen molar-refractivity contribution >= 4 is 17.2 Å². The normalized spacial score (nSPS) is 24.9. The van der Waals surface area contributed by atoms with E-state index in [0.29, 0.717) is 18.9 Å². The van der Waals surface area contributed by atoms with E-state index in [-0.39, 0.29) is 17.9 Å². The SMILES string of the molecule is CC(CNC(=O)CC1CCCCC1N)c1nccs1. The number of nitrogens with one attached hydrogen (secondary N) is 1. The van der Waals surface area contributed by atoms with Gasteiger partial charge < -0.3 is 11.1 Å². The van der Waals surface area contributed by atoms with Crippen molar-refractivity contribution < 1.29 is 4.79 Å². The number of hydrogen-bond acceptors (Lipinski definition) is 4. The summed E-state index contributed by atoms with van der Waals surface area (Å²) in [6.07, 6.45) is 6.96. The molecule has 3 unspecified atom stereocenters. The molecule has 1 saturated carbocycles. The van der Waals surface area contributed by atoms with Gasteiger partial charge in [-0.1, -0.05) is 19.8 Å². The third-order valence-electron chi connectivity index (χ3n) is 3.89. The Bertz CT molecular complexity index is 393. The maximum absolute atomic E-state index is 11.9. The Morgan fingerprint density at radius 1 is 1.58 bits per heavy atom. The van der Waals surface area contributed by atoms with Gasteiger partial charge in [0.05, 0.1) is 5.01 Å². The first-order valence-electron chi connectivity index (χ1n) is 7.08. The molecular weight excluding hydrogens is 258 g/mol. The molecule has 3 N–H and O–H groups in total. The highest BCUT2D eigenvalue weighted by Crippen LogP contribution is 2.25. The molecule has 0 bridgehead atoms. The topological polar surface area (TPSA) is 68.0 Å². The van der Waals surface area contributed by atoms with Gasteiger partial charge in [0.25, 0.3) is 0 Å². The van der Waals surface area contributed by atoms with Crippen LogP contribution in [0.25, 0.3) is 0 Å². The van der Waals surface area contributed by atoms with Crippen LogP contribution in [0, 0.1) is 5.92 Å². The average molecular weight is 281 g/mol. The molecule has 1 aliphatic carbocycles. The first-order chi connectivity index (χ1) is 9.16. The van der Waals surface area contributed by atoms with Crippen LogP contribution in [0.3, 0.4) is 0 Å². The van der Waals surface area contributed by atoms with Crippen LogP contribution in [0.4, 0.5) is 0 Å². The summed E-state index contributed by atoms with van der Waals surface area (Å²) in [5, 5.41) is 6.06. The van der Waals surface area contributed by atoms with Gasteiger partial charge in [-0.25, -0.2) is 4.98 Å². The molecule has 1 aliphatic rings. The number of nitrogens with two attached hydrogens (primary N) is 1. The number of nitrogens with zero attached hydrogens (tertiary/aromatic N) is 1. The van der Waals surface area contributed by atoms with E-state index in [1.807, 2.05) is 5.38 Å². The summed E-state index contributed by atoms with van der Waals surface area (Å²) in [6, 6.07) is 0.205. The van der Waals surface area contributed by atoms with Gasteiger partial charge >= 0.3 is 0 Å². The Labute approximate surface area is 118 Å². The van der Waals surface area contributed by atoms with Crippen LogP contribution in [0.15, 0.2) is 11.6 Å². The highest BCUT2D eigenvalue weighted by atomic mass is 32.1. The smallest absolute Gasteiger partial charge is 0.220 e. The number of carbonyl (C=O) groups excluding carboxylic acids is 1. The van der Waals surface area contributed by atoms with Crippen LogP contribution in [-0.4, -0.2) is 23.5 Å². The molecule has 1 amide bonds. The van der Waals surface area contributed by atoms with E-state index >= 15 is 0 Å². The number of thiazole rings is 1. The molecule has 4 nitrogen and oxygen atoms in total. The Hall–Kier alpha value is -0.940. The summed E-state index contributed by atoms with van der Waals surface area (Å²) in [5.74, 6) is 0.777. The van der Waals surface area contributed by atoms with Crippen molar-refractivity contribution in [3.63, 3.8) is 0 Å². The summed E-state index contributed by atoms with van der Waals surface area (Å²) >= 11 is 1.64. The summed E-state index contributed by atoms with van der Waals surface area (Å²) in [6.45, 7) is 2.75. The highest BCUT2D eigenvalue weighted by molar-refractivity contribution is 7.09.